The molecule has 27 heavy (non-hydrogen) atoms. The van der Waals surface area contributed by atoms with E-state index in [0.717, 1.165) is 5.56 Å². The summed E-state index contributed by atoms with van der Waals surface area (Å²) >= 11 is 0. The van der Waals surface area contributed by atoms with Crippen molar-refractivity contribution in [3.05, 3.63) is 54.1 Å². The van der Waals surface area contributed by atoms with Crippen molar-refractivity contribution in [2.24, 2.45) is 0 Å². The van der Waals surface area contributed by atoms with Gasteiger partial charge in [0.2, 0.25) is 0 Å². The number of rotatable bonds is 3. The van der Waals surface area contributed by atoms with E-state index in [1.165, 1.54) is 12.1 Å². The smallest absolute Gasteiger partial charge is 0.335 e. The monoisotopic (exact) mass is 385 g/mol. The van der Waals surface area contributed by atoms with E-state index in [1.807, 2.05) is 35.2 Å². The molecule has 1 aliphatic heterocycles. The van der Waals surface area contributed by atoms with Crippen LogP contribution < -0.4 is 4.90 Å². The lowest BCUT2D eigenvalue weighted by Gasteiger charge is -2.41. The van der Waals surface area contributed by atoms with Gasteiger partial charge in [0, 0.05) is 18.7 Å². The van der Waals surface area contributed by atoms with Crippen molar-refractivity contribution in [3.63, 3.8) is 0 Å². The van der Waals surface area contributed by atoms with Gasteiger partial charge in [-0.25, -0.2) is 14.8 Å². The number of carboxylic acids is 1. The molecular weight excluding hydrogens is 366 g/mol. The van der Waals surface area contributed by atoms with E-state index in [4.69, 9.17) is 9.97 Å². The fourth-order valence-electron chi connectivity index (χ4n) is 3.13. The van der Waals surface area contributed by atoms with Crippen molar-refractivity contribution in [3.8, 4) is 11.3 Å². The lowest BCUT2D eigenvalue weighted by molar-refractivity contribution is 0.0697. The zero-order valence-corrected chi connectivity index (χ0v) is 15.3. The fraction of sp³-hybridized carbons (Fsp3) is 0.211. The third kappa shape index (κ3) is 3.59. The molecule has 2 heterocycles. The molecule has 3 aromatic rings. The van der Waals surface area contributed by atoms with Crippen LogP contribution in [-0.2, 0) is 0 Å². The largest absolute Gasteiger partial charge is 0.478 e. The summed E-state index contributed by atoms with van der Waals surface area (Å²) in [6.07, 6.45) is 0. The second-order valence-corrected chi connectivity index (χ2v) is 8.89. The minimum atomic E-state index is -2.53. The number of carbonyl (C=O) groups is 1. The molecule has 2 aromatic carbocycles. The van der Waals surface area contributed by atoms with Crippen molar-refractivity contribution in [2.45, 2.75) is 0 Å². The number of nitrogens with zero attached hydrogens (tertiary/aromatic N) is 3. The van der Waals surface area contributed by atoms with Crippen molar-refractivity contribution in [2.75, 3.05) is 29.5 Å². The van der Waals surface area contributed by atoms with Crippen LogP contribution in [0, 0.1) is 0 Å². The van der Waals surface area contributed by atoms with Gasteiger partial charge < -0.3 is 10.0 Å². The number of benzene rings is 2. The summed E-state index contributed by atoms with van der Waals surface area (Å²) in [4.78, 5) is 22.7. The Morgan fingerprint density at radius 2 is 1.67 bits per heavy atom. The number of hydrogen-bond donors (Lipinski definition) is 3. The van der Waals surface area contributed by atoms with Crippen LogP contribution in [-0.4, -0.2) is 54.7 Å². The molecule has 0 amide bonds. The highest BCUT2D eigenvalue weighted by atomic mass is 32.3. The van der Waals surface area contributed by atoms with E-state index in [2.05, 4.69) is 0 Å². The van der Waals surface area contributed by atoms with Crippen molar-refractivity contribution < 1.29 is 19.0 Å². The zero-order valence-electron chi connectivity index (χ0n) is 14.4. The molecule has 7 nitrogen and oxygen atoms in total. The first kappa shape index (κ1) is 17.7. The highest BCUT2D eigenvalue weighted by Gasteiger charge is 2.26. The van der Waals surface area contributed by atoms with Gasteiger partial charge in [-0.3, -0.25) is 9.11 Å². The van der Waals surface area contributed by atoms with Crippen molar-refractivity contribution in [1.29, 1.82) is 0 Å². The van der Waals surface area contributed by atoms with Gasteiger partial charge in [0.25, 0.3) is 0 Å². The topological polar surface area (TPSA) is 107 Å². The second kappa shape index (κ2) is 6.80. The predicted octanol–water partition coefficient (Wildman–Crippen LogP) is 3.57. The highest BCUT2D eigenvalue weighted by molar-refractivity contribution is 8.24. The van der Waals surface area contributed by atoms with Crippen LogP contribution in [0.4, 0.5) is 5.82 Å². The number of carboxylic acid groups (broad SMARTS) is 1. The molecule has 140 valence electrons. The molecule has 1 saturated heterocycles. The molecule has 0 saturated carbocycles. The van der Waals surface area contributed by atoms with Gasteiger partial charge in [0.15, 0.2) is 5.82 Å². The van der Waals surface area contributed by atoms with Crippen LogP contribution in [0.15, 0.2) is 48.5 Å². The second-order valence-electron chi connectivity index (χ2n) is 6.47. The molecule has 8 heteroatoms. The SMILES string of the molecule is O=C(O)c1ccc2nc(-c3ccccc3)c(N3CCS(O)(O)CC3)nc2c1. The van der Waals surface area contributed by atoms with E-state index in [1.54, 1.807) is 6.07 Å². The Morgan fingerprint density at radius 1 is 0.963 bits per heavy atom. The number of fused-ring (bicyclic) bond motifs is 1. The van der Waals surface area contributed by atoms with E-state index in [-0.39, 0.29) is 17.1 Å². The van der Waals surface area contributed by atoms with Crippen LogP contribution in [0.25, 0.3) is 22.3 Å². The summed E-state index contributed by atoms with van der Waals surface area (Å²) < 4.78 is 19.8. The molecule has 0 bridgehead atoms. The minimum absolute atomic E-state index is 0.156. The highest BCUT2D eigenvalue weighted by Crippen LogP contribution is 2.42. The Balaban J connectivity index is 1.86. The maximum absolute atomic E-state index is 11.3. The fourth-order valence-corrected chi connectivity index (χ4v) is 4.36. The molecular formula is C19H19N3O4S. The summed E-state index contributed by atoms with van der Waals surface area (Å²) in [6, 6.07) is 14.4. The maximum Gasteiger partial charge on any atom is 0.335 e. The van der Waals surface area contributed by atoms with Crippen LogP contribution in [0.2, 0.25) is 0 Å². The third-order valence-corrected chi connectivity index (χ3v) is 6.29. The molecule has 1 aromatic heterocycles. The molecule has 1 fully saturated rings. The maximum atomic E-state index is 11.3. The summed E-state index contributed by atoms with van der Waals surface area (Å²) in [5.41, 5.74) is 2.87. The zero-order chi connectivity index (χ0) is 19.0. The van der Waals surface area contributed by atoms with Gasteiger partial charge in [-0.05, 0) is 18.2 Å². The summed E-state index contributed by atoms with van der Waals surface area (Å²) in [5.74, 6) is 0.192. The standard InChI is InChI=1S/C19H19N3O4S/c23-19(24)14-6-7-15-16(12-14)21-18(22-8-10-27(25,26)11-9-22)17(20-15)13-4-2-1-3-5-13/h1-7,12,25-26H,8-11H2,(H,23,24). The number of aromatic nitrogens is 2. The average molecular weight is 385 g/mol. The van der Waals surface area contributed by atoms with Gasteiger partial charge in [-0.1, -0.05) is 30.3 Å². The number of aromatic carboxylic acids is 1. The van der Waals surface area contributed by atoms with E-state index in [0.29, 0.717) is 35.6 Å². The number of anilines is 1. The Bertz CT molecular complexity index is 1000. The summed E-state index contributed by atoms with van der Waals surface area (Å²) in [6.45, 7) is 0.919. The Morgan fingerprint density at radius 3 is 2.33 bits per heavy atom. The quantitative estimate of drug-likeness (QED) is 0.633. The third-order valence-electron chi connectivity index (χ3n) is 4.62. The van der Waals surface area contributed by atoms with Gasteiger partial charge in [-0.2, -0.15) is 10.6 Å². The molecule has 0 spiro atoms. The van der Waals surface area contributed by atoms with Gasteiger partial charge in [0.05, 0.1) is 28.1 Å². The number of hydrogen-bond acceptors (Lipinski definition) is 6. The van der Waals surface area contributed by atoms with Crippen LogP contribution >= 0.6 is 10.6 Å². The molecule has 0 unspecified atom stereocenters. The molecule has 0 aliphatic carbocycles. The molecule has 1 aliphatic rings. The van der Waals surface area contributed by atoms with Gasteiger partial charge >= 0.3 is 5.97 Å². The Labute approximate surface area is 157 Å². The first-order chi connectivity index (χ1) is 12.9. The molecule has 0 radical (unpaired) electrons. The molecule has 0 atom stereocenters. The molecule has 3 N–H and O–H groups in total. The first-order valence-corrected chi connectivity index (χ1v) is 10.4. The Kier molecular flexibility index (Phi) is 4.47. The van der Waals surface area contributed by atoms with Crippen LogP contribution in [0.1, 0.15) is 10.4 Å². The Hall–Kier alpha value is -2.68. The first-order valence-electron chi connectivity index (χ1n) is 8.52. The summed E-state index contributed by atoms with van der Waals surface area (Å²) in [7, 11) is -2.53. The van der Waals surface area contributed by atoms with Crippen molar-refractivity contribution >= 4 is 33.4 Å². The van der Waals surface area contributed by atoms with Crippen LogP contribution in [0.5, 0.6) is 0 Å². The van der Waals surface area contributed by atoms with E-state index >= 15 is 0 Å². The summed E-state index contributed by atoms with van der Waals surface area (Å²) in [5, 5.41) is 9.24. The van der Waals surface area contributed by atoms with Gasteiger partial charge in [0.1, 0.15) is 5.69 Å². The lowest BCUT2D eigenvalue weighted by atomic mass is 10.1. The van der Waals surface area contributed by atoms with Gasteiger partial charge in [-0.15, -0.1) is 0 Å². The van der Waals surface area contributed by atoms with Crippen LogP contribution in [0.3, 0.4) is 0 Å². The van der Waals surface area contributed by atoms with E-state index in [9.17, 15) is 19.0 Å². The van der Waals surface area contributed by atoms with E-state index < -0.39 is 16.6 Å². The predicted molar refractivity (Wildman–Crippen MR) is 107 cm³/mol. The normalized spacial score (nSPS) is 17.6. The minimum Gasteiger partial charge on any atom is -0.478 e. The average Bonchev–Trinajstić information content (AvgIpc) is 2.67. The lowest BCUT2D eigenvalue weighted by Crippen LogP contribution is -2.39. The van der Waals surface area contributed by atoms with Crippen molar-refractivity contribution in [1.82, 2.24) is 9.97 Å². The molecule has 4 rings (SSSR count).